The summed E-state index contributed by atoms with van der Waals surface area (Å²) in [6, 6.07) is 9.46. The van der Waals surface area contributed by atoms with Crippen molar-refractivity contribution >= 4 is 5.91 Å². The maximum absolute atomic E-state index is 11.5. The second-order valence-electron chi connectivity index (χ2n) is 3.84. The van der Waals surface area contributed by atoms with E-state index in [0.717, 1.165) is 11.3 Å². The number of rotatable bonds is 6. The molecule has 1 aromatic carbocycles. The van der Waals surface area contributed by atoms with E-state index in [4.69, 9.17) is 10.00 Å². The Kier molecular flexibility index (Phi) is 5.72. The largest absolute Gasteiger partial charge is 0.494 e. The van der Waals surface area contributed by atoms with Gasteiger partial charge in [-0.25, -0.2) is 0 Å². The lowest BCUT2D eigenvalue weighted by atomic mass is 9.97. The molecule has 1 aromatic rings. The van der Waals surface area contributed by atoms with Crippen LogP contribution in [0.4, 0.5) is 0 Å². The highest BCUT2D eigenvalue weighted by atomic mass is 16.5. The van der Waals surface area contributed by atoms with Crippen LogP contribution in [0.25, 0.3) is 0 Å². The SMILES string of the molecule is CCNC(=O)CC(C#N)c1ccc(OCC)cc1. The van der Waals surface area contributed by atoms with Crippen molar-refractivity contribution < 1.29 is 9.53 Å². The fraction of sp³-hybridized carbons (Fsp3) is 0.429. The molecular formula is C14H18N2O2. The van der Waals surface area contributed by atoms with E-state index in [1.54, 1.807) is 0 Å². The Morgan fingerprint density at radius 3 is 2.56 bits per heavy atom. The van der Waals surface area contributed by atoms with Gasteiger partial charge in [0.2, 0.25) is 5.91 Å². The Labute approximate surface area is 108 Å². The van der Waals surface area contributed by atoms with Gasteiger partial charge in [-0.3, -0.25) is 4.79 Å². The summed E-state index contributed by atoms with van der Waals surface area (Å²) in [5.74, 6) is 0.265. The first kappa shape index (κ1) is 14.0. The lowest BCUT2D eigenvalue weighted by Crippen LogP contribution is -2.24. The summed E-state index contributed by atoms with van der Waals surface area (Å²) < 4.78 is 5.33. The molecule has 0 spiro atoms. The van der Waals surface area contributed by atoms with Crippen LogP contribution >= 0.6 is 0 Å². The predicted molar refractivity (Wildman–Crippen MR) is 69.3 cm³/mol. The van der Waals surface area contributed by atoms with E-state index in [1.807, 2.05) is 38.1 Å². The van der Waals surface area contributed by atoms with Gasteiger partial charge in [-0.05, 0) is 31.5 Å². The quantitative estimate of drug-likeness (QED) is 0.837. The van der Waals surface area contributed by atoms with Gasteiger partial charge in [-0.1, -0.05) is 12.1 Å². The number of carbonyl (C=O) groups is 1. The summed E-state index contributed by atoms with van der Waals surface area (Å²) in [5.41, 5.74) is 0.840. The molecule has 1 rings (SSSR count). The molecule has 0 aliphatic heterocycles. The number of ether oxygens (including phenoxy) is 1. The number of nitriles is 1. The smallest absolute Gasteiger partial charge is 0.221 e. The van der Waals surface area contributed by atoms with Gasteiger partial charge in [0.05, 0.1) is 18.6 Å². The maximum atomic E-state index is 11.5. The summed E-state index contributed by atoms with van der Waals surface area (Å²) in [6.45, 7) is 4.97. The third-order valence-electron chi connectivity index (χ3n) is 2.51. The molecule has 96 valence electrons. The van der Waals surface area contributed by atoms with Crippen LogP contribution in [0.15, 0.2) is 24.3 Å². The highest BCUT2D eigenvalue weighted by Crippen LogP contribution is 2.21. The van der Waals surface area contributed by atoms with Crippen molar-refractivity contribution in [2.75, 3.05) is 13.2 Å². The van der Waals surface area contributed by atoms with Crippen LogP contribution in [0.3, 0.4) is 0 Å². The lowest BCUT2D eigenvalue weighted by Gasteiger charge is -2.10. The summed E-state index contributed by atoms with van der Waals surface area (Å²) >= 11 is 0. The Morgan fingerprint density at radius 2 is 2.06 bits per heavy atom. The van der Waals surface area contributed by atoms with Crippen molar-refractivity contribution in [3.05, 3.63) is 29.8 Å². The van der Waals surface area contributed by atoms with Crippen LogP contribution in [0.5, 0.6) is 5.75 Å². The first-order valence-electron chi connectivity index (χ1n) is 6.10. The average molecular weight is 246 g/mol. The molecule has 0 aliphatic carbocycles. The van der Waals surface area contributed by atoms with Crippen molar-refractivity contribution in [3.8, 4) is 11.8 Å². The predicted octanol–water partition coefficient (Wildman–Crippen LogP) is 2.22. The van der Waals surface area contributed by atoms with Crippen molar-refractivity contribution in [1.82, 2.24) is 5.32 Å². The molecule has 18 heavy (non-hydrogen) atoms. The standard InChI is InChI=1S/C14H18N2O2/c1-3-16-14(17)9-12(10-15)11-5-7-13(8-6-11)18-4-2/h5-8,12H,3-4,9H2,1-2H3,(H,16,17). The summed E-state index contributed by atoms with van der Waals surface area (Å²) in [6.07, 6.45) is 0.193. The highest BCUT2D eigenvalue weighted by Gasteiger charge is 2.14. The number of hydrogen-bond donors (Lipinski definition) is 1. The normalized spacial score (nSPS) is 11.4. The molecule has 1 unspecified atom stereocenters. The number of hydrogen-bond acceptors (Lipinski definition) is 3. The van der Waals surface area contributed by atoms with Crippen LogP contribution in [0.1, 0.15) is 31.7 Å². The van der Waals surface area contributed by atoms with Gasteiger partial charge in [0.25, 0.3) is 0 Å². The van der Waals surface area contributed by atoms with Crippen LogP contribution in [0.2, 0.25) is 0 Å². The van der Waals surface area contributed by atoms with Gasteiger partial charge < -0.3 is 10.1 Å². The molecule has 0 bridgehead atoms. The third kappa shape index (κ3) is 4.10. The zero-order valence-electron chi connectivity index (χ0n) is 10.8. The fourth-order valence-electron chi connectivity index (χ4n) is 1.66. The van der Waals surface area contributed by atoms with E-state index in [0.29, 0.717) is 13.2 Å². The molecule has 0 fully saturated rings. The number of carbonyl (C=O) groups excluding carboxylic acids is 1. The Morgan fingerprint density at radius 1 is 1.39 bits per heavy atom. The zero-order valence-corrected chi connectivity index (χ0v) is 10.8. The minimum absolute atomic E-state index is 0.0991. The van der Waals surface area contributed by atoms with Crippen molar-refractivity contribution in [2.45, 2.75) is 26.2 Å². The molecule has 0 heterocycles. The molecule has 0 aromatic heterocycles. The molecule has 1 atom stereocenters. The number of benzene rings is 1. The fourth-order valence-corrected chi connectivity index (χ4v) is 1.66. The highest BCUT2D eigenvalue weighted by molar-refractivity contribution is 5.77. The summed E-state index contributed by atoms with van der Waals surface area (Å²) in [7, 11) is 0. The monoisotopic (exact) mass is 246 g/mol. The molecular weight excluding hydrogens is 228 g/mol. The van der Waals surface area contributed by atoms with Crippen molar-refractivity contribution in [1.29, 1.82) is 5.26 Å². The second kappa shape index (κ2) is 7.33. The van der Waals surface area contributed by atoms with Gasteiger partial charge in [-0.15, -0.1) is 0 Å². The number of amides is 1. The van der Waals surface area contributed by atoms with E-state index in [9.17, 15) is 4.79 Å². The van der Waals surface area contributed by atoms with Gasteiger partial charge in [0, 0.05) is 13.0 Å². The minimum Gasteiger partial charge on any atom is -0.494 e. The number of nitrogens with zero attached hydrogens (tertiary/aromatic N) is 1. The van der Waals surface area contributed by atoms with Crippen molar-refractivity contribution in [2.24, 2.45) is 0 Å². The lowest BCUT2D eigenvalue weighted by molar-refractivity contribution is -0.121. The molecule has 0 radical (unpaired) electrons. The van der Waals surface area contributed by atoms with Crippen LogP contribution in [0, 0.1) is 11.3 Å². The molecule has 1 amide bonds. The molecule has 4 heteroatoms. The van der Waals surface area contributed by atoms with E-state index in [2.05, 4.69) is 11.4 Å². The first-order valence-corrected chi connectivity index (χ1v) is 6.10. The van der Waals surface area contributed by atoms with Crippen LogP contribution in [-0.4, -0.2) is 19.1 Å². The average Bonchev–Trinajstić information content (AvgIpc) is 2.38. The zero-order chi connectivity index (χ0) is 13.4. The Bertz CT molecular complexity index is 420. The maximum Gasteiger partial charge on any atom is 0.221 e. The molecule has 0 saturated carbocycles. The van der Waals surface area contributed by atoms with Gasteiger partial charge in [0.15, 0.2) is 0 Å². The van der Waals surface area contributed by atoms with E-state index >= 15 is 0 Å². The molecule has 4 nitrogen and oxygen atoms in total. The van der Waals surface area contributed by atoms with E-state index in [1.165, 1.54) is 0 Å². The Hall–Kier alpha value is -2.02. The van der Waals surface area contributed by atoms with Gasteiger partial charge >= 0.3 is 0 Å². The van der Waals surface area contributed by atoms with Crippen molar-refractivity contribution in [3.63, 3.8) is 0 Å². The summed E-state index contributed by atoms with van der Waals surface area (Å²) in [5, 5.41) is 11.8. The third-order valence-corrected chi connectivity index (χ3v) is 2.51. The summed E-state index contributed by atoms with van der Waals surface area (Å²) in [4.78, 5) is 11.5. The molecule has 1 N–H and O–H groups in total. The van der Waals surface area contributed by atoms with Crippen LogP contribution in [-0.2, 0) is 4.79 Å². The molecule has 0 saturated heterocycles. The van der Waals surface area contributed by atoms with Gasteiger partial charge in [0.1, 0.15) is 5.75 Å². The second-order valence-corrected chi connectivity index (χ2v) is 3.84. The van der Waals surface area contributed by atoms with E-state index in [-0.39, 0.29) is 12.3 Å². The van der Waals surface area contributed by atoms with Crippen LogP contribution < -0.4 is 10.1 Å². The first-order chi connectivity index (χ1) is 8.71. The minimum atomic E-state index is -0.410. The van der Waals surface area contributed by atoms with E-state index < -0.39 is 5.92 Å². The Balaban J connectivity index is 2.70. The van der Waals surface area contributed by atoms with Gasteiger partial charge in [-0.2, -0.15) is 5.26 Å². The number of nitrogens with one attached hydrogen (secondary N) is 1. The topological polar surface area (TPSA) is 62.1 Å². The molecule has 0 aliphatic rings.